The van der Waals surface area contributed by atoms with Crippen LogP contribution in [0, 0.1) is 16.2 Å². The highest BCUT2D eigenvalue weighted by Gasteiger charge is 2.42. The molecule has 1 amide bonds. The molecule has 1 saturated carbocycles. The van der Waals surface area contributed by atoms with Gasteiger partial charge in [0.25, 0.3) is 0 Å². The third kappa shape index (κ3) is 4.11. The van der Waals surface area contributed by atoms with E-state index in [4.69, 9.17) is 0 Å². The zero-order valence-electron chi connectivity index (χ0n) is 13.6. The van der Waals surface area contributed by atoms with Crippen molar-refractivity contribution in [1.29, 1.82) is 0 Å². The average molecular weight is 303 g/mol. The first-order chi connectivity index (χ1) is 8.62. The lowest BCUT2D eigenvalue weighted by Crippen LogP contribution is -2.50. The molecule has 1 aliphatic heterocycles. The first-order valence-electron chi connectivity index (χ1n) is 7.64. The third-order valence-corrected chi connectivity index (χ3v) is 4.81. The Labute approximate surface area is 130 Å². The SMILES string of the molecule is CC1(C)CC(NC(=O)C2(C)CCNC2)CC(C)(C)C1.Cl. The molecule has 0 aromatic heterocycles. The van der Waals surface area contributed by atoms with Gasteiger partial charge in [0.2, 0.25) is 5.91 Å². The lowest BCUT2D eigenvalue weighted by molar-refractivity contribution is -0.130. The Morgan fingerprint density at radius 3 is 2.10 bits per heavy atom. The van der Waals surface area contributed by atoms with E-state index in [2.05, 4.69) is 45.3 Å². The molecule has 2 N–H and O–H groups in total. The van der Waals surface area contributed by atoms with Gasteiger partial charge in [0.1, 0.15) is 0 Å². The first-order valence-corrected chi connectivity index (χ1v) is 7.64. The summed E-state index contributed by atoms with van der Waals surface area (Å²) in [7, 11) is 0. The Morgan fingerprint density at radius 1 is 1.10 bits per heavy atom. The second-order valence-corrected chi connectivity index (χ2v) is 8.57. The maximum atomic E-state index is 12.5. The molecule has 20 heavy (non-hydrogen) atoms. The van der Waals surface area contributed by atoms with Gasteiger partial charge in [-0.15, -0.1) is 12.4 Å². The van der Waals surface area contributed by atoms with Crippen molar-refractivity contribution in [2.24, 2.45) is 16.2 Å². The average Bonchev–Trinajstić information content (AvgIpc) is 2.61. The summed E-state index contributed by atoms with van der Waals surface area (Å²) in [6.45, 7) is 13.2. The van der Waals surface area contributed by atoms with E-state index in [-0.39, 0.29) is 23.7 Å². The number of carbonyl (C=O) groups is 1. The number of halogens is 1. The largest absolute Gasteiger partial charge is 0.353 e. The molecule has 2 rings (SSSR count). The van der Waals surface area contributed by atoms with Gasteiger partial charge in [0, 0.05) is 12.6 Å². The second-order valence-electron chi connectivity index (χ2n) is 8.57. The molecule has 1 heterocycles. The van der Waals surface area contributed by atoms with Crippen LogP contribution in [0.3, 0.4) is 0 Å². The van der Waals surface area contributed by atoms with Gasteiger partial charge >= 0.3 is 0 Å². The van der Waals surface area contributed by atoms with Crippen LogP contribution in [-0.2, 0) is 4.79 Å². The quantitative estimate of drug-likeness (QED) is 0.823. The van der Waals surface area contributed by atoms with Crippen LogP contribution in [0.15, 0.2) is 0 Å². The third-order valence-electron chi connectivity index (χ3n) is 4.81. The molecule has 1 atom stereocenters. The molecular formula is C16H31ClN2O. The van der Waals surface area contributed by atoms with Gasteiger partial charge in [-0.3, -0.25) is 4.79 Å². The maximum Gasteiger partial charge on any atom is 0.227 e. The summed E-state index contributed by atoms with van der Waals surface area (Å²) >= 11 is 0. The summed E-state index contributed by atoms with van der Waals surface area (Å²) < 4.78 is 0. The predicted octanol–water partition coefficient (Wildman–Crippen LogP) is 3.13. The fourth-order valence-corrected chi connectivity index (χ4v) is 4.32. The summed E-state index contributed by atoms with van der Waals surface area (Å²) in [5.41, 5.74) is 0.453. The van der Waals surface area contributed by atoms with Crippen molar-refractivity contribution in [2.75, 3.05) is 13.1 Å². The van der Waals surface area contributed by atoms with Gasteiger partial charge < -0.3 is 10.6 Å². The van der Waals surface area contributed by atoms with E-state index in [1.807, 2.05) is 0 Å². The number of hydrogen-bond acceptors (Lipinski definition) is 2. The fraction of sp³-hybridized carbons (Fsp3) is 0.938. The summed E-state index contributed by atoms with van der Waals surface area (Å²) in [5, 5.41) is 6.64. The molecule has 4 heteroatoms. The molecule has 2 aliphatic rings. The summed E-state index contributed by atoms with van der Waals surface area (Å²) in [5.74, 6) is 0.246. The Kier molecular flexibility index (Phi) is 5.19. The number of amides is 1. The Balaban J connectivity index is 0.00000200. The summed E-state index contributed by atoms with van der Waals surface area (Å²) in [4.78, 5) is 12.5. The van der Waals surface area contributed by atoms with Crippen molar-refractivity contribution < 1.29 is 4.79 Å². The molecule has 0 radical (unpaired) electrons. The van der Waals surface area contributed by atoms with Gasteiger partial charge in [-0.2, -0.15) is 0 Å². The minimum absolute atomic E-state index is 0. The molecule has 118 valence electrons. The van der Waals surface area contributed by atoms with Crippen LogP contribution in [0.4, 0.5) is 0 Å². The highest BCUT2D eigenvalue weighted by atomic mass is 35.5. The minimum atomic E-state index is -0.203. The zero-order chi connectivity index (χ0) is 14.3. The highest BCUT2D eigenvalue weighted by Crippen LogP contribution is 2.45. The van der Waals surface area contributed by atoms with Crippen LogP contribution in [0.1, 0.15) is 60.3 Å². The van der Waals surface area contributed by atoms with Crippen LogP contribution < -0.4 is 10.6 Å². The lowest BCUT2D eigenvalue weighted by atomic mass is 9.63. The second kappa shape index (κ2) is 5.84. The molecular weight excluding hydrogens is 272 g/mol. The monoisotopic (exact) mass is 302 g/mol. The normalized spacial score (nSPS) is 32.5. The van der Waals surface area contributed by atoms with E-state index >= 15 is 0 Å². The predicted molar refractivity (Wildman–Crippen MR) is 86.2 cm³/mol. The topological polar surface area (TPSA) is 41.1 Å². The van der Waals surface area contributed by atoms with E-state index in [0.717, 1.165) is 32.4 Å². The van der Waals surface area contributed by atoms with Gasteiger partial charge in [0.15, 0.2) is 0 Å². The summed E-state index contributed by atoms with van der Waals surface area (Å²) in [6.07, 6.45) is 4.40. The number of hydrogen-bond donors (Lipinski definition) is 2. The molecule has 3 nitrogen and oxygen atoms in total. The van der Waals surface area contributed by atoms with Gasteiger partial charge in [-0.1, -0.05) is 27.7 Å². The van der Waals surface area contributed by atoms with Crippen molar-refractivity contribution in [3.63, 3.8) is 0 Å². The van der Waals surface area contributed by atoms with Crippen LogP contribution >= 0.6 is 12.4 Å². The zero-order valence-corrected chi connectivity index (χ0v) is 14.5. The van der Waals surface area contributed by atoms with Gasteiger partial charge in [-0.05, 0) is 50.0 Å². The Hall–Kier alpha value is -0.280. The Bertz CT molecular complexity index is 343. The van der Waals surface area contributed by atoms with Crippen molar-refractivity contribution in [3.8, 4) is 0 Å². The molecule has 1 saturated heterocycles. The lowest BCUT2D eigenvalue weighted by Gasteiger charge is -2.45. The van der Waals surface area contributed by atoms with E-state index in [0.29, 0.717) is 16.9 Å². The van der Waals surface area contributed by atoms with Crippen LogP contribution in [0.25, 0.3) is 0 Å². The number of carbonyl (C=O) groups excluding carboxylic acids is 1. The maximum absolute atomic E-state index is 12.5. The van der Waals surface area contributed by atoms with E-state index < -0.39 is 0 Å². The highest BCUT2D eigenvalue weighted by molar-refractivity contribution is 5.85. The van der Waals surface area contributed by atoms with Crippen molar-refractivity contribution in [2.45, 2.75) is 66.3 Å². The molecule has 1 unspecified atom stereocenters. The molecule has 0 aromatic carbocycles. The smallest absolute Gasteiger partial charge is 0.227 e. The summed E-state index contributed by atoms with van der Waals surface area (Å²) in [6, 6.07) is 0.337. The van der Waals surface area contributed by atoms with E-state index in [1.165, 1.54) is 6.42 Å². The number of rotatable bonds is 2. The van der Waals surface area contributed by atoms with Crippen molar-refractivity contribution in [3.05, 3.63) is 0 Å². The van der Waals surface area contributed by atoms with Crippen LogP contribution in [0.2, 0.25) is 0 Å². The van der Waals surface area contributed by atoms with Crippen molar-refractivity contribution in [1.82, 2.24) is 10.6 Å². The molecule has 0 bridgehead atoms. The standard InChI is InChI=1S/C16H30N2O.ClH/c1-14(2)8-12(9-15(3,4)10-14)18-13(19)16(5)6-7-17-11-16;/h12,17H,6-11H2,1-5H3,(H,18,19);1H. The van der Waals surface area contributed by atoms with Crippen LogP contribution in [-0.4, -0.2) is 25.0 Å². The molecule has 1 aliphatic carbocycles. The van der Waals surface area contributed by atoms with Gasteiger partial charge in [0.05, 0.1) is 5.41 Å². The molecule has 0 aromatic rings. The van der Waals surface area contributed by atoms with Gasteiger partial charge in [-0.25, -0.2) is 0 Å². The first kappa shape index (κ1) is 17.8. The fourth-order valence-electron chi connectivity index (χ4n) is 4.32. The van der Waals surface area contributed by atoms with Crippen LogP contribution in [0.5, 0.6) is 0 Å². The number of nitrogens with one attached hydrogen (secondary N) is 2. The Morgan fingerprint density at radius 2 is 1.65 bits per heavy atom. The molecule has 0 spiro atoms. The van der Waals surface area contributed by atoms with E-state index in [1.54, 1.807) is 0 Å². The molecule has 2 fully saturated rings. The van der Waals surface area contributed by atoms with Crippen molar-refractivity contribution >= 4 is 18.3 Å². The van der Waals surface area contributed by atoms with E-state index in [9.17, 15) is 4.79 Å². The minimum Gasteiger partial charge on any atom is -0.353 e.